The van der Waals surface area contributed by atoms with E-state index in [2.05, 4.69) is 4.74 Å². The summed E-state index contributed by atoms with van der Waals surface area (Å²) in [6, 6.07) is 14.5. The molecule has 0 atom stereocenters. The molecule has 0 saturated carbocycles. The Morgan fingerprint density at radius 3 is 2.50 bits per heavy atom. The molecular formula is C24H16F3NO6. The van der Waals surface area contributed by atoms with Crippen molar-refractivity contribution in [1.29, 1.82) is 5.26 Å². The van der Waals surface area contributed by atoms with Crippen LogP contribution in [0, 0.1) is 11.3 Å². The minimum Gasteiger partial charge on any atom is -0.489 e. The van der Waals surface area contributed by atoms with Gasteiger partial charge in [0.1, 0.15) is 41.2 Å². The quantitative estimate of drug-likeness (QED) is 0.342. The molecule has 1 aliphatic rings. The van der Waals surface area contributed by atoms with Crippen LogP contribution in [0.2, 0.25) is 0 Å². The highest BCUT2D eigenvalue weighted by Gasteiger charge is 2.35. The maximum absolute atomic E-state index is 13.4. The lowest BCUT2D eigenvalue weighted by atomic mass is 10.1. The Morgan fingerprint density at radius 2 is 1.76 bits per heavy atom. The summed E-state index contributed by atoms with van der Waals surface area (Å²) in [5.74, 6) is -0.170. The Morgan fingerprint density at radius 1 is 1.00 bits per heavy atom. The maximum atomic E-state index is 13.4. The molecular weight excluding hydrogens is 455 g/mol. The molecule has 0 N–H and O–H groups in total. The molecule has 0 radical (unpaired) electrons. The van der Waals surface area contributed by atoms with Crippen LogP contribution in [0.5, 0.6) is 34.5 Å². The second-order valence-electron chi connectivity index (χ2n) is 7.10. The molecule has 7 nitrogen and oxygen atoms in total. The molecule has 3 aromatic carbocycles. The SMILES string of the molecule is CC(=O)Oc1ccc(Oc2cc(OCc3ccc4c(c3)OCO4)ccc2C#N)cc1C(F)(F)F. The molecule has 0 saturated heterocycles. The number of carbonyl (C=O) groups is 1. The van der Waals surface area contributed by atoms with Crippen molar-refractivity contribution in [2.24, 2.45) is 0 Å². The smallest absolute Gasteiger partial charge is 0.420 e. The van der Waals surface area contributed by atoms with Crippen LogP contribution in [-0.4, -0.2) is 12.8 Å². The third kappa shape index (κ3) is 5.15. The molecule has 1 heterocycles. The number of nitrogens with zero attached hydrogens (tertiary/aromatic N) is 1. The summed E-state index contributed by atoms with van der Waals surface area (Å²) < 4.78 is 66.9. The number of carbonyl (C=O) groups excluding carboxylic acids is 1. The van der Waals surface area contributed by atoms with Gasteiger partial charge in [-0.3, -0.25) is 4.79 Å². The van der Waals surface area contributed by atoms with Gasteiger partial charge < -0.3 is 23.7 Å². The van der Waals surface area contributed by atoms with Crippen LogP contribution in [0.15, 0.2) is 54.6 Å². The minimum atomic E-state index is -4.79. The van der Waals surface area contributed by atoms with Crippen molar-refractivity contribution in [3.05, 3.63) is 71.3 Å². The molecule has 174 valence electrons. The summed E-state index contributed by atoms with van der Waals surface area (Å²) in [5.41, 5.74) is -0.297. The number of fused-ring (bicyclic) bond motifs is 1. The van der Waals surface area contributed by atoms with Crippen molar-refractivity contribution >= 4 is 5.97 Å². The van der Waals surface area contributed by atoms with E-state index in [4.69, 9.17) is 18.9 Å². The van der Waals surface area contributed by atoms with Crippen LogP contribution >= 0.6 is 0 Å². The highest BCUT2D eigenvalue weighted by Crippen LogP contribution is 2.40. The molecule has 0 amide bonds. The molecule has 3 aromatic rings. The van der Waals surface area contributed by atoms with Gasteiger partial charge in [0.15, 0.2) is 11.5 Å². The Balaban J connectivity index is 1.55. The van der Waals surface area contributed by atoms with Crippen LogP contribution < -0.4 is 23.7 Å². The average molecular weight is 471 g/mol. The zero-order valence-electron chi connectivity index (χ0n) is 17.6. The number of nitriles is 1. The van der Waals surface area contributed by atoms with Crippen LogP contribution in [0.4, 0.5) is 13.2 Å². The van der Waals surface area contributed by atoms with E-state index < -0.39 is 23.5 Å². The third-order valence-corrected chi connectivity index (χ3v) is 4.65. The van der Waals surface area contributed by atoms with Crippen molar-refractivity contribution < 1.29 is 41.7 Å². The molecule has 1 aliphatic heterocycles. The first kappa shape index (κ1) is 22.8. The molecule has 10 heteroatoms. The van der Waals surface area contributed by atoms with E-state index in [9.17, 15) is 23.2 Å². The Hall–Kier alpha value is -4.39. The molecule has 0 unspecified atom stereocenters. The summed E-state index contributed by atoms with van der Waals surface area (Å²) in [7, 11) is 0. The second-order valence-corrected chi connectivity index (χ2v) is 7.10. The Bertz CT molecular complexity index is 1280. The summed E-state index contributed by atoms with van der Waals surface area (Å²) in [4.78, 5) is 11.1. The van der Waals surface area contributed by atoms with Crippen LogP contribution in [0.3, 0.4) is 0 Å². The van der Waals surface area contributed by atoms with Crippen molar-refractivity contribution in [1.82, 2.24) is 0 Å². The number of alkyl halides is 3. The Kier molecular flexibility index (Phi) is 6.19. The number of esters is 1. The second kappa shape index (κ2) is 9.23. The lowest BCUT2D eigenvalue weighted by Crippen LogP contribution is -2.11. The van der Waals surface area contributed by atoms with Crippen molar-refractivity contribution in [2.75, 3.05) is 6.79 Å². The van der Waals surface area contributed by atoms with E-state index in [1.54, 1.807) is 24.3 Å². The fourth-order valence-corrected chi connectivity index (χ4v) is 3.13. The fourth-order valence-electron chi connectivity index (χ4n) is 3.13. The molecule has 0 aliphatic carbocycles. The van der Waals surface area contributed by atoms with Gasteiger partial charge in [-0.2, -0.15) is 18.4 Å². The molecule has 0 aromatic heterocycles. The third-order valence-electron chi connectivity index (χ3n) is 4.65. The number of rotatable bonds is 6. The Labute approximate surface area is 191 Å². The van der Waals surface area contributed by atoms with Crippen molar-refractivity contribution in [3.8, 4) is 40.6 Å². The highest BCUT2D eigenvalue weighted by atomic mass is 19.4. The molecule has 0 bridgehead atoms. The summed E-state index contributed by atoms with van der Waals surface area (Å²) in [6.45, 7) is 1.31. The van der Waals surface area contributed by atoms with Gasteiger partial charge >= 0.3 is 12.1 Å². The molecule has 0 fully saturated rings. The van der Waals surface area contributed by atoms with Crippen LogP contribution in [0.1, 0.15) is 23.6 Å². The number of hydrogen-bond acceptors (Lipinski definition) is 7. The predicted octanol–water partition coefficient (Wildman–Crippen LogP) is 5.60. The van der Waals surface area contributed by atoms with Gasteiger partial charge in [0, 0.05) is 13.0 Å². The van der Waals surface area contributed by atoms with E-state index in [1.165, 1.54) is 18.2 Å². The van der Waals surface area contributed by atoms with E-state index in [-0.39, 0.29) is 30.5 Å². The van der Waals surface area contributed by atoms with Gasteiger partial charge in [0.25, 0.3) is 0 Å². The number of benzene rings is 3. The first-order valence-electron chi connectivity index (χ1n) is 9.86. The first-order chi connectivity index (χ1) is 16.2. The topological polar surface area (TPSA) is 87.0 Å². The minimum absolute atomic E-state index is 0.000882. The van der Waals surface area contributed by atoms with E-state index in [1.807, 2.05) is 6.07 Å². The number of halogens is 3. The van der Waals surface area contributed by atoms with Crippen molar-refractivity contribution in [2.45, 2.75) is 19.7 Å². The fraction of sp³-hybridized carbons (Fsp3) is 0.167. The van der Waals surface area contributed by atoms with Gasteiger partial charge in [-0.1, -0.05) is 6.07 Å². The zero-order valence-corrected chi connectivity index (χ0v) is 17.6. The largest absolute Gasteiger partial charge is 0.489 e. The summed E-state index contributed by atoms with van der Waals surface area (Å²) in [5, 5.41) is 9.38. The standard InChI is InChI=1S/C24H16F3NO6/c1-14(29)33-20-7-5-18(9-19(20)24(25,26)27)34-22-10-17(4-3-16(22)11-28)30-12-15-2-6-21-23(8-15)32-13-31-21/h2-10H,12-13H2,1H3. The number of ether oxygens (including phenoxy) is 5. The van der Waals surface area contributed by atoms with Gasteiger partial charge in [-0.05, 0) is 48.0 Å². The van der Waals surface area contributed by atoms with Gasteiger partial charge in [0.2, 0.25) is 6.79 Å². The summed E-state index contributed by atoms with van der Waals surface area (Å²) in [6.07, 6.45) is -4.79. The predicted molar refractivity (Wildman–Crippen MR) is 111 cm³/mol. The average Bonchev–Trinajstić information content (AvgIpc) is 3.26. The van der Waals surface area contributed by atoms with E-state index in [0.29, 0.717) is 23.3 Å². The lowest BCUT2D eigenvalue weighted by molar-refractivity contribution is -0.141. The van der Waals surface area contributed by atoms with Gasteiger partial charge in [0.05, 0.1) is 5.56 Å². The normalized spacial score (nSPS) is 12.1. The monoisotopic (exact) mass is 471 g/mol. The lowest BCUT2D eigenvalue weighted by Gasteiger charge is -2.15. The van der Waals surface area contributed by atoms with Crippen LogP contribution in [-0.2, 0) is 17.6 Å². The van der Waals surface area contributed by atoms with E-state index in [0.717, 1.165) is 18.6 Å². The van der Waals surface area contributed by atoms with E-state index >= 15 is 0 Å². The molecule has 34 heavy (non-hydrogen) atoms. The highest BCUT2D eigenvalue weighted by molar-refractivity contribution is 5.70. The zero-order chi connectivity index (χ0) is 24.3. The summed E-state index contributed by atoms with van der Waals surface area (Å²) >= 11 is 0. The van der Waals surface area contributed by atoms with Crippen LogP contribution in [0.25, 0.3) is 0 Å². The maximum Gasteiger partial charge on any atom is 0.420 e. The molecule has 4 rings (SSSR count). The molecule has 0 spiro atoms. The van der Waals surface area contributed by atoms with Gasteiger partial charge in [-0.25, -0.2) is 0 Å². The number of hydrogen-bond donors (Lipinski definition) is 0. The van der Waals surface area contributed by atoms with Crippen molar-refractivity contribution in [3.63, 3.8) is 0 Å². The first-order valence-corrected chi connectivity index (χ1v) is 9.86. The van der Waals surface area contributed by atoms with Gasteiger partial charge in [-0.15, -0.1) is 0 Å².